The van der Waals surface area contributed by atoms with Gasteiger partial charge in [-0.15, -0.1) is 11.8 Å². The molecule has 4 rings (SSSR count). The molecule has 1 aromatic carbocycles. The summed E-state index contributed by atoms with van der Waals surface area (Å²) in [7, 11) is 0. The molecule has 2 heterocycles. The lowest BCUT2D eigenvalue weighted by Gasteiger charge is -2.32. The molecule has 132 valence electrons. The molecule has 5 heteroatoms. The Morgan fingerprint density at radius 2 is 1.84 bits per heavy atom. The van der Waals surface area contributed by atoms with E-state index in [-0.39, 0.29) is 0 Å². The fraction of sp³-hybridized carbons (Fsp3) is 0.500. The summed E-state index contributed by atoms with van der Waals surface area (Å²) in [6.45, 7) is 3.34. The minimum absolute atomic E-state index is 0.525. The van der Waals surface area contributed by atoms with E-state index >= 15 is 0 Å². The maximum atomic E-state index is 4.69. The molecule has 25 heavy (non-hydrogen) atoms. The summed E-state index contributed by atoms with van der Waals surface area (Å²) in [4.78, 5) is 13.0. The van der Waals surface area contributed by atoms with E-state index < -0.39 is 0 Å². The third-order valence-electron chi connectivity index (χ3n) is 5.12. The SMILES string of the molecule is CSc1ccc(CN2CCC(Nc3ccnc(C4CC4)n3)CC2)cc1. The van der Waals surface area contributed by atoms with Crippen molar-refractivity contribution >= 4 is 17.6 Å². The molecule has 1 saturated heterocycles. The van der Waals surface area contributed by atoms with Crippen LogP contribution in [-0.2, 0) is 6.54 Å². The van der Waals surface area contributed by atoms with E-state index in [1.807, 2.05) is 12.3 Å². The first-order valence-corrected chi connectivity index (χ1v) is 10.5. The van der Waals surface area contributed by atoms with E-state index in [0.717, 1.165) is 31.3 Å². The van der Waals surface area contributed by atoms with Crippen LogP contribution in [0, 0.1) is 0 Å². The smallest absolute Gasteiger partial charge is 0.133 e. The van der Waals surface area contributed by atoms with E-state index in [2.05, 4.69) is 45.7 Å². The predicted octanol–water partition coefficient (Wildman–Crippen LogP) is 4.15. The van der Waals surface area contributed by atoms with Crippen molar-refractivity contribution in [2.45, 2.75) is 49.1 Å². The zero-order chi connectivity index (χ0) is 17.1. The van der Waals surface area contributed by atoms with Gasteiger partial charge in [0.25, 0.3) is 0 Å². The molecule has 0 atom stereocenters. The number of nitrogens with zero attached hydrogens (tertiary/aromatic N) is 3. The van der Waals surface area contributed by atoms with Crippen molar-refractivity contribution in [1.82, 2.24) is 14.9 Å². The van der Waals surface area contributed by atoms with Crippen molar-refractivity contribution < 1.29 is 0 Å². The molecule has 2 aliphatic rings. The standard InChI is InChI=1S/C20H26N4S/c1-25-18-6-2-15(3-7-18)14-24-12-9-17(10-13-24)22-19-8-11-21-20(23-19)16-4-5-16/h2-3,6-8,11,16-17H,4-5,9-10,12-14H2,1H3,(H,21,22,23). The number of rotatable bonds is 6. The third-order valence-corrected chi connectivity index (χ3v) is 5.87. The zero-order valence-corrected chi connectivity index (χ0v) is 15.6. The molecule has 2 aromatic rings. The van der Waals surface area contributed by atoms with Gasteiger partial charge in [-0.1, -0.05) is 12.1 Å². The van der Waals surface area contributed by atoms with Crippen molar-refractivity contribution in [3.63, 3.8) is 0 Å². The number of hydrogen-bond acceptors (Lipinski definition) is 5. The van der Waals surface area contributed by atoms with Gasteiger partial charge in [-0.05, 0) is 55.7 Å². The quantitative estimate of drug-likeness (QED) is 0.789. The molecule has 1 aliphatic heterocycles. The van der Waals surface area contributed by atoms with Crippen LogP contribution < -0.4 is 5.32 Å². The van der Waals surface area contributed by atoms with Crippen LogP contribution >= 0.6 is 11.8 Å². The van der Waals surface area contributed by atoms with Crippen molar-refractivity contribution in [3.05, 3.63) is 47.9 Å². The predicted molar refractivity (Wildman–Crippen MR) is 104 cm³/mol. The van der Waals surface area contributed by atoms with Crippen LogP contribution in [0.2, 0.25) is 0 Å². The highest BCUT2D eigenvalue weighted by Gasteiger charge is 2.27. The average molecular weight is 355 g/mol. The Kier molecular flexibility index (Phi) is 5.22. The highest BCUT2D eigenvalue weighted by atomic mass is 32.2. The Morgan fingerprint density at radius 3 is 2.52 bits per heavy atom. The van der Waals surface area contributed by atoms with E-state index in [1.165, 1.54) is 36.1 Å². The number of nitrogens with one attached hydrogen (secondary N) is 1. The van der Waals surface area contributed by atoms with Gasteiger partial charge in [0.1, 0.15) is 11.6 Å². The lowest BCUT2D eigenvalue weighted by Crippen LogP contribution is -2.38. The highest BCUT2D eigenvalue weighted by molar-refractivity contribution is 7.98. The fourth-order valence-electron chi connectivity index (χ4n) is 3.43. The topological polar surface area (TPSA) is 41.0 Å². The highest BCUT2D eigenvalue weighted by Crippen LogP contribution is 2.38. The Morgan fingerprint density at radius 1 is 1.08 bits per heavy atom. The molecule has 0 amide bonds. The first kappa shape index (κ1) is 16.9. The first-order valence-electron chi connectivity index (χ1n) is 9.25. The second kappa shape index (κ2) is 7.75. The number of hydrogen-bond donors (Lipinski definition) is 1. The summed E-state index contributed by atoms with van der Waals surface area (Å²) in [5.41, 5.74) is 1.41. The molecule has 0 radical (unpaired) electrons. The van der Waals surface area contributed by atoms with Gasteiger partial charge in [-0.25, -0.2) is 9.97 Å². The largest absolute Gasteiger partial charge is 0.367 e. The first-order chi connectivity index (χ1) is 12.3. The molecular formula is C20H26N4S. The molecule has 1 aromatic heterocycles. The van der Waals surface area contributed by atoms with E-state index in [9.17, 15) is 0 Å². The van der Waals surface area contributed by atoms with Crippen molar-refractivity contribution in [2.24, 2.45) is 0 Å². The van der Waals surface area contributed by atoms with Gasteiger partial charge >= 0.3 is 0 Å². The minimum atomic E-state index is 0.525. The normalized spacial score (nSPS) is 19.1. The molecule has 1 saturated carbocycles. The van der Waals surface area contributed by atoms with Crippen LogP contribution in [0.15, 0.2) is 41.4 Å². The van der Waals surface area contributed by atoms with E-state index in [0.29, 0.717) is 12.0 Å². The monoisotopic (exact) mass is 354 g/mol. The molecule has 0 spiro atoms. The molecule has 1 aliphatic carbocycles. The van der Waals surface area contributed by atoms with Crippen LogP contribution in [0.5, 0.6) is 0 Å². The fourth-order valence-corrected chi connectivity index (χ4v) is 3.83. The number of aromatic nitrogens is 2. The summed E-state index contributed by atoms with van der Waals surface area (Å²) in [5.74, 6) is 2.64. The van der Waals surface area contributed by atoms with Gasteiger partial charge in [0.15, 0.2) is 0 Å². The van der Waals surface area contributed by atoms with Crippen LogP contribution in [0.3, 0.4) is 0 Å². The average Bonchev–Trinajstić information content (AvgIpc) is 3.50. The van der Waals surface area contributed by atoms with E-state index in [4.69, 9.17) is 4.98 Å². The third kappa shape index (κ3) is 4.53. The number of thioether (sulfide) groups is 1. The number of piperidine rings is 1. The molecule has 1 N–H and O–H groups in total. The number of likely N-dealkylation sites (tertiary alicyclic amines) is 1. The minimum Gasteiger partial charge on any atom is -0.367 e. The van der Waals surface area contributed by atoms with Gasteiger partial charge in [0.2, 0.25) is 0 Å². The van der Waals surface area contributed by atoms with Crippen LogP contribution in [0.25, 0.3) is 0 Å². The van der Waals surface area contributed by atoms with Crippen LogP contribution in [-0.4, -0.2) is 40.3 Å². The Labute approximate surface area is 154 Å². The van der Waals surface area contributed by atoms with Crippen molar-refractivity contribution in [1.29, 1.82) is 0 Å². The Bertz CT molecular complexity index is 691. The van der Waals surface area contributed by atoms with Gasteiger partial charge in [-0.2, -0.15) is 0 Å². The summed E-state index contributed by atoms with van der Waals surface area (Å²) in [6.07, 6.45) is 8.87. The van der Waals surface area contributed by atoms with Crippen LogP contribution in [0.1, 0.15) is 43.0 Å². The van der Waals surface area contributed by atoms with Crippen molar-refractivity contribution in [2.75, 3.05) is 24.7 Å². The second-order valence-electron chi connectivity index (χ2n) is 7.12. The van der Waals surface area contributed by atoms with Gasteiger partial charge in [0.05, 0.1) is 0 Å². The molecular weight excluding hydrogens is 328 g/mol. The lowest BCUT2D eigenvalue weighted by molar-refractivity contribution is 0.211. The summed E-state index contributed by atoms with van der Waals surface area (Å²) < 4.78 is 0. The summed E-state index contributed by atoms with van der Waals surface area (Å²) in [5, 5.41) is 3.62. The van der Waals surface area contributed by atoms with Gasteiger partial charge in [-0.3, -0.25) is 4.90 Å². The number of anilines is 1. The van der Waals surface area contributed by atoms with Gasteiger partial charge < -0.3 is 5.32 Å². The maximum Gasteiger partial charge on any atom is 0.133 e. The van der Waals surface area contributed by atoms with Gasteiger partial charge in [0, 0.05) is 42.7 Å². The van der Waals surface area contributed by atoms with Crippen molar-refractivity contribution in [3.8, 4) is 0 Å². The molecule has 4 nitrogen and oxygen atoms in total. The molecule has 0 bridgehead atoms. The summed E-state index contributed by atoms with van der Waals surface area (Å²) in [6, 6.07) is 11.5. The Balaban J connectivity index is 1.27. The van der Waals surface area contributed by atoms with Crippen LogP contribution in [0.4, 0.5) is 5.82 Å². The zero-order valence-electron chi connectivity index (χ0n) is 14.8. The summed E-state index contributed by atoms with van der Waals surface area (Å²) >= 11 is 1.80. The molecule has 0 unspecified atom stereocenters. The van der Waals surface area contributed by atoms with E-state index in [1.54, 1.807) is 11.8 Å². The number of benzene rings is 1. The Hall–Kier alpha value is -1.59. The lowest BCUT2D eigenvalue weighted by atomic mass is 10.0. The molecule has 2 fully saturated rings. The second-order valence-corrected chi connectivity index (χ2v) is 8.00. The maximum absolute atomic E-state index is 4.69.